The first kappa shape index (κ1) is 15.0. The summed E-state index contributed by atoms with van der Waals surface area (Å²) in [5, 5.41) is 0. The van der Waals surface area contributed by atoms with Crippen LogP contribution in [0.25, 0.3) is 0 Å². The van der Waals surface area contributed by atoms with Gasteiger partial charge in [-0.1, -0.05) is 60.8 Å². The minimum atomic E-state index is 0.866. The van der Waals surface area contributed by atoms with Crippen LogP contribution in [-0.2, 0) is 0 Å². The molecule has 0 aliphatic rings. The van der Waals surface area contributed by atoms with E-state index in [1.807, 2.05) is 0 Å². The van der Waals surface area contributed by atoms with Gasteiger partial charge in [0.15, 0.2) is 0 Å². The minimum absolute atomic E-state index is 0.866. The van der Waals surface area contributed by atoms with Crippen LogP contribution < -0.4 is 0 Å². The Hall–Kier alpha value is 0. The first-order chi connectivity index (χ1) is 6.95. The van der Waals surface area contributed by atoms with Gasteiger partial charge in [-0.3, -0.25) is 0 Å². The van der Waals surface area contributed by atoms with E-state index in [4.69, 9.17) is 0 Å². The summed E-state index contributed by atoms with van der Waals surface area (Å²) in [5.41, 5.74) is 0. The van der Waals surface area contributed by atoms with E-state index in [2.05, 4.69) is 41.5 Å². The van der Waals surface area contributed by atoms with Crippen molar-refractivity contribution >= 4 is 0 Å². The molecule has 0 radical (unpaired) electrons. The molecule has 0 rings (SSSR count). The average molecular weight is 212 g/mol. The second kappa shape index (κ2) is 8.19. The van der Waals surface area contributed by atoms with Gasteiger partial charge in [0.2, 0.25) is 0 Å². The highest BCUT2D eigenvalue weighted by Crippen LogP contribution is 2.25. The second-order valence-electron chi connectivity index (χ2n) is 6.22. The molecular weight excluding hydrogens is 180 g/mol. The summed E-state index contributed by atoms with van der Waals surface area (Å²) in [6.45, 7) is 14.1. The van der Waals surface area contributed by atoms with Gasteiger partial charge in [-0.2, -0.15) is 0 Å². The monoisotopic (exact) mass is 212 g/mol. The highest BCUT2D eigenvalue weighted by Gasteiger charge is 2.11. The molecule has 0 aromatic rings. The lowest BCUT2D eigenvalue weighted by atomic mass is 9.86. The van der Waals surface area contributed by atoms with Crippen LogP contribution in [0.1, 0.15) is 73.6 Å². The Morgan fingerprint density at radius 1 is 0.733 bits per heavy atom. The maximum Gasteiger partial charge on any atom is -0.0414 e. The van der Waals surface area contributed by atoms with Crippen molar-refractivity contribution in [3.05, 3.63) is 0 Å². The zero-order valence-corrected chi connectivity index (χ0v) is 11.8. The molecule has 0 bridgehead atoms. The van der Waals surface area contributed by atoms with Crippen molar-refractivity contribution in [2.45, 2.75) is 73.6 Å². The molecule has 0 aliphatic carbocycles. The van der Waals surface area contributed by atoms with Crippen LogP contribution in [-0.4, -0.2) is 0 Å². The average Bonchev–Trinajstić information content (AvgIpc) is 2.10. The smallest absolute Gasteiger partial charge is 0.0414 e. The van der Waals surface area contributed by atoms with Gasteiger partial charge in [0.25, 0.3) is 0 Å². The predicted molar refractivity (Wildman–Crippen MR) is 71.1 cm³/mol. The van der Waals surface area contributed by atoms with Crippen LogP contribution in [0.2, 0.25) is 0 Å². The third-order valence-corrected chi connectivity index (χ3v) is 3.32. The fourth-order valence-electron chi connectivity index (χ4n) is 2.60. The fraction of sp³-hybridized carbons (Fsp3) is 1.00. The topological polar surface area (TPSA) is 0 Å². The van der Waals surface area contributed by atoms with E-state index in [-0.39, 0.29) is 0 Å². The Morgan fingerprint density at radius 3 is 1.67 bits per heavy atom. The van der Waals surface area contributed by atoms with Gasteiger partial charge in [0.05, 0.1) is 0 Å². The van der Waals surface area contributed by atoms with Crippen LogP contribution >= 0.6 is 0 Å². The van der Waals surface area contributed by atoms with Crippen molar-refractivity contribution in [1.82, 2.24) is 0 Å². The summed E-state index contributed by atoms with van der Waals surface area (Å²) < 4.78 is 0. The Balaban J connectivity index is 3.69. The Bertz CT molecular complexity index is 135. The zero-order chi connectivity index (χ0) is 11.8. The zero-order valence-electron chi connectivity index (χ0n) is 11.8. The summed E-state index contributed by atoms with van der Waals surface area (Å²) in [5.74, 6) is 3.63. The van der Waals surface area contributed by atoms with Crippen LogP contribution in [0.15, 0.2) is 0 Å². The van der Waals surface area contributed by atoms with Crippen LogP contribution in [0.5, 0.6) is 0 Å². The van der Waals surface area contributed by atoms with E-state index in [0.29, 0.717) is 0 Å². The molecule has 0 nitrogen and oxygen atoms in total. The fourth-order valence-corrected chi connectivity index (χ4v) is 2.60. The molecule has 0 saturated carbocycles. The second-order valence-corrected chi connectivity index (χ2v) is 6.22. The van der Waals surface area contributed by atoms with Crippen molar-refractivity contribution in [3.8, 4) is 0 Å². The molecule has 0 fully saturated rings. The standard InChI is InChI=1S/C15H32/c1-7-15(11-13(4)5)9-8-14(6)10-12(2)3/h12-15H,7-11H2,1-6H3. The molecule has 2 unspecified atom stereocenters. The van der Waals surface area contributed by atoms with Crippen molar-refractivity contribution in [3.63, 3.8) is 0 Å². The van der Waals surface area contributed by atoms with Crippen molar-refractivity contribution < 1.29 is 0 Å². The lowest BCUT2D eigenvalue weighted by molar-refractivity contribution is 0.321. The van der Waals surface area contributed by atoms with E-state index in [9.17, 15) is 0 Å². The summed E-state index contributed by atoms with van der Waals surface area (Å²) in [6, 6.07) is 0. The van der Waals surface area contributed by atoms with Gasteiger partial charge >= 0.3 is 0 Å². The van der Waals surface area contributed by atoms with E-state index in [0.717, 1.165) is 23.7 Å². The number of hydrogen-bond acceptors (Lipinski definition) is 0. The summed E-state index contributed by atoms with van der Waals surface area (Å²) >= 11 is 0. The first-order valence-electron chi connectivity index (χ1n) is 6.95. The van der Waals surface area contributed by atoms with Crippen LogP contribution in [0, 0.1) is 23.7 Å². The Morgan fingerprint density at radius 2 is 1.27 bits per heavy atom. The molecule has 0 saturated heterocycles. The largest absolute Gasteiger partial charge is 0.0651 e. The maximum atomic E-state index is 2.42. The van der Waals surface area contributed by atoms with E-state index < -0.39 is 0 Å². The molecular formula is C15H32. The molecule has 0 aliphatic heterocycles. The van der Waals surface area contributed by atoms with Gasteiger partial charge in [-0.25, -0.2) is 0 Å². The normalized spacial score (nSPS) is 16.0. The molecule has 0 spiro atoms. The quantitative estimate of drug-likeness (QED) is 0.497. The van der Waals surface area contributed by atoms with E-state index in [1.54, 1.807) is 0 Å². The van der Waals surface area contributed by atoms with Crippen molar-refractivity contribution in [1.29, 1.82) is 0 Å². The Kier molecular flexibility index (Phi) is 8.19. The highest BCUT2D eigenvalue weighted by molar-refractivity contribution is 4.64. The van der Waals surface area contributed by atoms with Gasteiger partial charge in [-0.05, 0) is 36.5 Å². The molecule has 0 aromatic heterocycles. The van der Waals surface area contributed by atoms with Gasteiger partial charge in [0, 0.05) is 0 Å². The third-order valence-electron chi connectivity index (χ3n) is 3.32. The molecule has 0 heterocycles. The van der Waals surface area contributed by atoms with Crippen LogP contribution in [0.4, 0.5) is 0 Å². The van der Waals surface area contributed by atoms with Gasteiger partial charge in [0.1, 0.15) is 0 Å². The molecule has 0 aromatic carbocycles. The lowest BCUT2D eigenvalue weighted by Gasteiger charge is -2.20. The molecule has 0 amide bonds. The Labute approximate surface area is 97.8 Å². The van der Waals surface area contributed by atoms with E-state index >= 15 is 0 Å². The number of rotatable bonds is 8. The molecule has 92 valence electrons. The first-order valence-corrected chi connectivity index (χ1v) is 6.95. The van der Waals surface area contributed by atoms with Gasteiger partial charge in [-0.15, -0.1) is 0 Å². The molecule has 0 N–H and O–H groups in total. The third kappa shape index (κ3) is 8.96. The van der Waals surface area contributed by atoms with Gasteiger partial charge < -0.3 is 0 Å². The van der Waals surface area contributed by atoms with Crippen molar-refractivity contribution in [2.24, 2.45) is 23.7 Å². The maximum absolute atomic E-state index is 2.42. The molecule has 0 heteroatoms. The van der Waals surface area contributed by atoms with E-state index in [1.165, 1.54) is 32.1 Å². The molecule has 15 heavy (non-hydrogen) atoms. The number of hydrogen-bond donors (Lipinski definition) is 0. The van der Waals surface area contributed by atoms with Crippen molar-refractivity contribution in [2.75, 3.05) is 0 Å². The summed E-state index contributed by atoms with van der Waals surface area (Å²) in [7, 11) is 0. The molecule has 2 atom stereocenters. The lowest BCUT2D eigenvalue weighted by Crippen LogP contribution is -2.07. The predicted octanol–water partition coefficient (Wildman–Crippen LogP) is 5.52. The summed E-state index contributed by atoms with van der Waals surface area (Å²) in [6.07, 6.45) is 7.07. The van der Waals surface area contributed by atoms with Crippen LogP contribution in [0.3, 0.4) is 0 Å². The minimum Gasteiger partial charge on any atom is -0.0651 e. The summed E-state index contributed by atoms with van der Waals surface area (Å²) in [4.78, 5) is 0. The highest BCUT2D eigenvalue weighted by atomic mass is 14.2. The SMILES string of the molecule is CCC(CCC(C)CC(C)C)CC(C)C.